The molecule has 0 saturated carbocycles. The fourth-order valence-corrected chi connectivity index (χ4v) is 3.23. The van der Waals surface area contributed by atoms with Crippen molar-refractivity contribution in [3.8, 4) is 0 Å². The van der Waals surface area contributed by atoms with Crippen LogP contribution >= 0.6 is 12.2 Å². The molecule has 1 fully saturated rings. The second-order valence-corrected chi connectivity index (χ2v) is 6.82. The van der Waals surface area contributed by atoms with E-state index < -0.39 is 0 Å². The zero-order chi connectivity index (χ0) is 16.8. The van der Waals surface area contributed by atoms with Gasteiger partial charge in [-0.1, -0.05) is 13.8 Å². The van der Waals surface area contributed by atoms with Crippen LogP contribution in [0.4, 0.5) is 11.8 Å². The average molecular weight is 337 g/mol. The molecule has 0 aromatic carbocycles. The van der Waals surface area contributed by atoms with E-state index in [0.29, 0.717) is 36.0 Å². The topological polar surface area (TPSA) is 62.3 Å². The van der Waals surface area contributed by atoms with Crippen LogP contribution in [0.25, 0.3) is 0 Å². The fraction of sp³-hybridized carbons (Fsp3) is 0.688. The van der Waals surface area contributed by atoms with Gasteiger partial charge in [-0.3, -0.25) is 0 Å². The van der Waals surface area contributed by atoms with Crippen molar-refractivity contribution in [3.05, 3.63) is 11.8 Å². The van der Waals surface area contributed by atoms with E-state index in [0.717, 1.165) is 24.6 Å². The van der Waals surface area contributed by atoms with Crippen LogP contribution in [-0.2, 0) is 4.74 Å². The number of nitrogens with zero attached hydrogens (tertiary/aromatic N) is 3. The van der Waals surface area contributed by atoms with E-state index in [1.54, 1.807) is 7.11 Å². The largest absolute Gasteiger partial charge is 0.383 e. The van der Waals surface area contributed by atoms with Gasteiger partial charge in [0.2, 0.25) is 5.95 Å². The number of rotatable bonds is 5. The summed E-state index contributed by atoms with van der Waals surface area (Å²) in [5, 5.41) is 6.64. The quantitative estimate of drug-likeness (QED) is 0.631. The van der Waals surface area contributed by atoms with Crippen molar-refractivity contribution in [1.29, 1.82) is 0 Å². The molecule has 0 radical (unpaired) electrons. The lowest BCUT2D eigenvalue weighted by Crippen LogP contribution is -2.39. The van der Waals surface area contributed by atoms with E-state index in [4.69, 9.17) is 17.0 Å². The number of hydrogen-bond acceptors (Lipinski definition) is 5. The second kappa shape index (κ2) is 8.40. The van der Waals surface area contributed by atoms with Crippen LogP contribution in [0.1, 0.15) is 26.0 Å². The molecule has 2 atom stereocenters. The number of anilines is 2. The first-order valence-corrected chi connectivity index (χ1v) is 8.53. The second-order valence-electron chi connectivity index (χ2n) is 6.42. The van der Waals surface area contributed by atoms with E-state index >= 15 is 0 Å². The minimum Gasteiger partial charge on any atom is -0.383 e. The molecule has 1 aromatic rings. The Kier molecular flexibility index (Phi) is 6.53. The molecule has 2 heterocycles. The van der Waals surface area contributed by atoms with Gasteiger partial charge in [-0.25, -0.2) is 4.98 Å². The van der Waals surface area contributed by atoms with Gasteiger partial charge in [-0.2, -0.15) is 4.98 Å². The predicted molar refractivity (Wildman–Crippen MR) is 98.0 cm³/mol. The number of piperidine rings is 1. The summed E-state index contributed by atoms with van der Waals surface area (Å²) < 4.78 is 4.99. The predicted octanol–water partition coefficient (Wildman–Crippen LogP) is 2.20. The third-order valence-corrected chi connectivity index (χ3v) is 4.10. The maximum Gasteiger partial charge on any atom is 0.231 e. The lowest BCUT2D eigenvalue weighted by molar-refractivity contribution is 0.204. The van der Waals surface area contributed by atoms with Gasteiger partial charge in [0.1, 0.15) is 5.82 Å². The molecular formula is C16H27N5OS. The van der Waals surface area contributed by atoms with E-state index in [-0.39, 0.29) is 0 Å². The molecule has 6 nitrogen and oxygen atoms in total. The van der Waals surface area contributed by atoms with Gasteiger partial charge in [0.05, 0.1) is 6.61 Å². The van der Waals surface area contributed by atoms with Gasteiger partial charge in [-0.15, -0.1) is 0 Å². The molecule has 1 saturated heterocycles. The third kappa shape index (κ3) is 5.58. The van der Waals surface area contributed by atoms with Crippen molar-refractivity contribution < 1.29 is 4.74 Å². The first-order chi connectivity index (χ1) is 11.0. The average Bonchev–Trinajstić information content (AvgIpc) is 2.46. The Morgan fingerprint density at radius 1 is 1.35 bits per heavy atom. The van der Waals surface area contributed by atoms with Crippen molar-refractivity contribution in [2.75, 3.05) is 43.6 Å². The SMILES string of the molecule is COCCNC(=S)Nc1nc(C)cc(N2C[C@H](C)C[C@H](C)C2)n1. The molecule has 0 spiro atoms. The first kappa shape index (κ1) is 17.9. The highest BCUT2D eigenvalue weighted by atomic mass is 32.1. The molecule has 1 aliphatic rings. The Morgan fingerprint density at radius 2 is 2.04 bits per heavy atom. The van der Waals surface area contributed by atoms with Gasteiger partial charge in [0, 0.05) is 38.5 Å². The maximum atomic E-state index is 5.26. The van der Waals surface area contributed by atoms with E-state index in [2.05, 4.69) is 39.3 Å². The van der Waals surface area contributed by atoms with E-state index in [9.17, 15) is 0 Å². The molecule has 1 aromatic heterocycles. The number of methoxy groups -OCH3 is 1. The van der Waals surface area contributed by atoms with Gasteiger partial charge in [0.25, 0.3) is 0 Å². The number of nitrogens with one attached hydrogen (secondary N) is 2. The van der Waals surface area contributed by atoms with Gasteiger partial charge < -0.3 is 20.3 Å². The summed E-state index contributed by atoms with van der Waals surface area (Å²) in [5.41, 5.74) is 0.933. The summed E-state index contributed by atoms with van der Waals surface area (Å²) >= 11 is 5.26. The van der Waals surface area contributed by atoms with Crippen molar-refractivity contribution >= 4 is 29.1 Å². The fourth-order valence-electron chi connectivity index (χ4n) is 3.03. The van der Waals surface area contributed by atoms with E-state index in [1.807, 2.05) is 13.0 Å². The standard InChI is InChI=1S/C16H27N5OS/c1-11-7-12(2)10-21(9-11)14-8-13(3)18-15(19-14)20-16(23)17-5-6-22-4/h8,11-12H,5-7,9-10H2,1-4H3,(H2,17,18,19,20,23)/t11-,12+. The van der Waals surface area contributed by atoms with Crippen LogP contribution < -0.4 is 15.5 Å². The first-order valence-electron chi connectivity index (χ1n) is 8.12. The minimum absolute atomic E-state index is 0.513. The summed E-state index contributed by atoms with van der Waals surface area (Å²) in [6, 6.07) is 2.04. The third-order valence-electron chi connectivity index (χ3n) is 3.85. The zero-order valence-corrected chi connectivity index (χ0v) is 15.2. The van der Waals surface area contributed by atoms with Crippen molar-refractivity contribution in [3.63, 3.8) is 0 Å². The monoisotopic (exact) mass is 337 g/mol. The van der Waals surface area contributed by atoms with Gasteiger partial charge in [0.15, 0.2) is 5.11 Å². The van der Waals surface area contributed by atoms with Gasteiger partial charge in [-0.05, 0) is 37.4 Å². The lowest BCUT2D eigenvalue weighted by Gasteiger charge is -2.36. The molecule has 2 rings (SSSR count). The van der Waals surface area contributed by atoms with Crippen LogP contribution in [0.5, 0.6) is 0 Å². The van der Waals surface area contributed by atoms with Gasteiger partial charge >= 0.3 is 0 Å². The molecule has 0 unspecified atom stereocenters. The highest BCUT2D eigenvalue weighted by Gasteiger charge is 2.23. The highest BCUT2D eigenvalue weighted by molar-refractivity contribution is 7.80. The summed E-state index contributed by atoms with van der Waals surface area (Å²) in [6.07, 6.45) is 1.28. The minimum atomic E-state index is 0.513. The Morgan fingerprint density at radius 3 is 2.70 bits per heavy atom. The van der Waals surface area contributed by atoms with Crippen LogP contribution in [0.2, 0.25) is 0 Å². The normalized spacial score (nSPS) is 21.1. The summed E-state index contributed by atoms with van der Waals surface area (Å²) in [7, 11) is 1.66. The number of thiocarbonyl (C=S) groups is 1. The molecule has 7 heteroatoms. The van der Waals surface area contributed by atoms with Crippen LogP contribution in [0.3, 0.4) is 0 Å². The number of ether oxygens (including phenoxy) is 1. The smallest absolute Gasteiger partial charge is 0.231 e. The summed E-state index contributed by atoms with van der Waals surface area (Å²) in [6.45, 7) is 9.91. The molecule has 2 N–H and O–H groups in total. The Hall–Kier alpha value is -1.47. The molecular weight excluding hydrogens is 310 g/mol. The van der Waals surface area contributed by atoms with Crippen molar-refractivity contribution in [2.24, 2.45) is 11.8 Å². The van der Waals surface area contributed by atoms with Crippen LogP contribution in [-0.4, -0.2) is 48.4 Å². The molecule has 1 aliphatic heterocycles. The zero-order valence-electron chi connectivity index (χ0n) is 14.4. The molecule has 23 heavy (non-hydrogen) atoms. The van der Waals surface area contributed by atoms with Crippen molar-refractivity contribution in [1.82, 2.24) is 15.3 Å². The number of hydrogen-bond donors (Lipinski definition) is 2. The Balaban J connectivity index is 2.05. The highest BCUT2D eigenvalue weighted by Crippen LogP contribution is 2.25. The lowest BCUT2D eigenvalue weighted by atomic mass is 9.92. The van der Waals surface area contributed by atoms with Crippen LogP contribution in [0.15, 0.2) is 6.07 Å². The Labute approximate surface area is 144 Å². The summed E-state index contributed by atoms with van der Waals surface area (Å²) in [4.78, 5) is 11.4. The Bertz CT molecular complexity index is 529. The van der Waals surface area contributed by atoms with Crippen molar-refractivity contribution in [2.45, 2.75) is 27.2 Å². The number of aromatic nitrogens is 2. The molecule has 0 amide bonds. The molecule has 0 aliphatic carbocycles. The maximum absolute atomic E-state index is 5.26. The summed E-state index contributed by atoms with van der Waals surface area (Å²) in [5.74, 6) is 2.88. The van der Waals surface area contributed by atoms with Crippen LogP contribution in [0, 0.1) is 18.8 Å². The molecule has 128 valence electrons. The molecule has 0 bridgehead atoms. The number of aryl methyl sites for hydroxylation is 1. The van der Waals surface area contributed by atoms with E-state index in [1.165, 1.54) is 6.42 Å².